The van der Waals surface area contributed by atoms with Crippen LogP contribution >= 0.6 is 11.6 Å². The van der Waals surface area contributed by atoms with Crippen LogP contribution in [0.5, 0.6) is 0 Å². The number of hydrogen-bond acceptors (Lipinski definition) is 4. The Morgan fingerprint density at radius 3 is 2.63 bits per heavy atom. The average molecular weight is 306 g/mol. The number of aromatic nitrogens is 1. The van der Waals surface area contributed by atoms with Gasteiger partial charge in [-0.15, -0.1) is 0 Å². The average Bonchev–Trinajstić information content (AvgIpc) is 2.36. The number of sulfonamides is 1. The van der Waals surface area contributed by atoms with Crippen LogP contribution in [0.4, 0.5) is 0 Å². The van der Waals surface area contributed by atoms with E-state index >= 15 is 0 Å². The molecule has 1 aromatic heterocycles. The van der Waals surface area contributed by atoms with Gasteiger partial charge < -0.3 is 5.32 Å². The molecule has 106 valence electrons. The molecule has 8 heteroatoms. The minimum absolute atomic E-state index is 0.0414. The Hall–Kier alpha value is -1.18. The number of amides is 1. The summed E-state index contributed by atoms with van der Waals surface area (Å²) in [6, 6.07) is 1.39. The zero-order chi connectivity index (χ0) is 14.7. The number of carbonyl (C=O) groups is 1. The van der Waals surface area contributed by atoms with Gasteiger partial charge in [0, 0.05) is 26.0 Å². The highest BCUT2D eigenvalue weighted by molar-refractivity contribution is 7.89. The number of halogens is 1. The molecule has 2 N–H and O–H groups in total. The summed E-state index contributed by atoms with van der Waals surface area (Å²) >= 11 is 5.81. The van der Waals surface area contributed by atoms with E-state index in [9.17, 15) is 13.2 Å². The lowest BCUT2D eigenvalue weighted by Gasteiger charge is -2.22. The summed E-state index contributed by atoms with van der Waals surface area (Å²) in [7, 11) is -2.29. The topological polar surface area (TPSA) is 88.2 Å². The van der Waals surface area contributed by atoms with Crippen molar-refractivity contribution in [2.45, 2.75) is 18.7 Å². The van der Waals surface area contributed by atoms with Gasteiger partial charge in [-0.2, -0.15) is 0 Å². The van der Waals surface area contributed by atoms with Gasteiger partial charge in [0.15, 0.2) is 0 Å². The fourth-order valence-corrected chi connectivity index (χ4v) is 2.97. The SMILES string of the molecule is CNC(=O)C(C)(C)CNS(=O)(=O)c1cnccc1Cl. The smallest absolute Gasteiger partial charge is 0.243 e. The number of rotatable bonds is 5. The number of carbonyl (C=O) groups excluding carboxylic acids is 1. The first-order valence-electron chi connectivity index (χ1n) is 5.52. The Labute approximate surface area is 117 Å². The van der Waals surface area contributed by atoms with E-state index in [4.69, 9.17) is 11.6 Å². The standard InChI is InChI=1S/C11H16ClN3O3S/c1-11(2,10(16)13-3)7-15-19(17,18)9-6-14-5-4-8(9)12/h4-6,15H,7H2,1-3H3,(H,13,16). The minimum Gasteiger partial charge on any atom is -0.359 e. The molecule has 0 bridgehead atoms. The maximum Gasteiger partial charge on any atom is 0.243 e. The monoisotopic (exact) mass is 305 g/mol. The van der Waals surface area contributed by atoms with Gasteiger partial charge in [-0.3, -0.25) is 9.78 Å². The fourth-order valence-electron chi connectivity index (χ4n) is 1.33. The van der Waals surface area contributed by atoms with Gasteiger partial charge in [0.05, 0.1) is 10.4 Å². The molecule has 0 aromatic carbocycles. The van der Waals surface area contributed by atoms with Crippen LogP contribution in [0.15, 0.2) is 23.4 Å². The number of hydrogen-bond donors (Lipinski definition) is 2. The van der Waals surface area contributed by atoms with Gasteiger partial charge in [-0.25, -0.2) is 13.1 Å². The molecule has 0 aliphatic heterocycles. The fraction of sp³-hybridized carbons (Fsp3) is 0.455. The third-order valence-corrected chi connectivity index (χ3v) is 4.44. The summed E-state index contributed by atoms with van der Waals surface area (Å²) in [4.78, 5) is 15.2. The lowest BCUT2D eigenvalue weighted by atomic mass is 9.93. The molecule has 0 aliphatic carbocycles. The Kier molecular flexibility index (Phi) is 4.89. The molecular weight excluding hydrogens is 290 g/mol. The summed E-state index contributed by atoms with van der Waals surface area (Å²) in [5.74, 6) is -0.257. The van der Waals surface area contributed by atoms with Crippen LogP contribution in [0, 0.1) is 5.41 Å². The Morgan fingerprint density at radius 1 is 1.47 bits per heavy atom. The number of nitrogens with zero attached hydrogens (tertiary/aromatic N) is 1. The maximum absolute atomic E-state index is 12.0. The zero-order valence-corrected chi connectivity index (χ0v) is 12.5. The molecule has 1 rings (SSSR count). The maximum atomic E-state index is 12.0. The van der Waals surface area contributed by atoms with Crippen molar-refractivity contribution in [3.05, 3.63) is 23.5 Å². The first-order chi connectivity index (χ1) is 8.70. The highest BCUT2D eigenvalue weighted by Gasteiger charge is 2.29. The first kappa shape index (κ1) is 15.9. The Morgan fingerprint density at radius 2 is 2.11 bits per heavy atom. The second-order valence-electron chi connectivity index (χ2n) is 4.59. The quantitative estimate of drug-likeness (QED) is 0.841. The van der Waals surface area contributed by atoms with Crippen LogP contribution in [-0.4, -0.2) is 32.9 Å². The first-order valence-corrected chi connectivity index (χ1v) is 7.38. The van der Waals surface area contributed by atoms with Gasteiger partial charge in [0.25, 0.3) is 0 Å². The predicted molar refractivity (Wildman–Crippen MR) is 72.3 cm³/mol. The van der Waals surface area contributed by atoms with Crippen LogP contribution in [0.3, 0.4) is 0 Å². The molecule has 0 spiro atoms. The van der Waals surface area contributed by atoms with Crippen molar-refractivity contribution in [2.24, 2.45) is 5.41 Å². The molecular formula is C11H16ClN3O3S. The van der Waals surface area contributed by atoms with E-state index in [1.807, 2.05) is 0 Å². The third-order valence-electron chi connectivity index (χ3n) is 2.57. The van der Waals surface area contributed by atoms with E-state index in [-0.39, 0.29) is 22.4 Å². The summed E-state index contributed by atoms with van der Waals surface area (Å²) < 4.78 is 26.4. The molecule has 6 nitrogen and oxygen atoms in total. The summed E-state index contributed by atoms with van der Waals surface area (Å²) in [6.07, 6.45) is 2.56. The van der Waals surface area contributed by atoms with Crippen molar-refractivity contribution in [2.75, 3.05) is 13.6 Å². The van der Waals surface area contributed by atoms with Gasteiger partial charge in [-0.1, -0.05) is 11.6 Å². The third kappa shape index (κ3) is 3.89. The second-order valence-corrected chi connectivity index (χ2v) is 6.74. The lowest BCUT2D eigenvalue weighted by Crippen LogP contribution is -2.43. The molecule has 19 heavy (non-hydrogen) atoms. The molecule has 1 heterocycles. The van der Waals surface area contributed by atoms with Crippen LogP contribution in [0.25, 0.3) is 0 Å². The van der Waals surface area contributed by atoms with Crippen molar-refractivity contribution in [1.82, 2.24) is 15.0 Å². The highest BCUT2D eigenvalue weighted by Crippen LogP contribution is 2.20. The highest BCUT2D eigenvalue weighted by atomic mass is 35.5. The van der Waals surface area contributed by atoms with Crippen LogP contribution in [0.2, 0.25) is 5.02 Å². The minimum atomic E-state index is -3.79. The number of nitrogens with one attached hydrogen (secondary N) is 2. The largest absolute Gasteiger partial charge is 0.359 e. The molecule has 1 aromatic rings. The normalized spacial score (nSPS) is 12.2. The van der Waals surface area contributed by atoms with Crippen molar-refractivity contribution >= 4 is 27.5 Å². The van der Waals surface area contributed by atoms with E-state index in [0.717, 1.165) is 6.20 Å². The molecule has 0 fully saturated rings. The molecule has 0 radical (unpaired) electrons. The van der Waals surface area contributed by atoms with Crippen LogP contribution in [-0.2, 0) is 14.8 Å². The molecule has 1 amide bonds. The van der Waals surface area contributed by atoms with Crippen molar-refractivity contribution in [3.8, 4) is 0 Å². The Balaban J connectivity index is 2.89. The summed E-state index contributed by atoms with van der Waals surface area (Å²) in [5.41, 5.74) is -0.865. The lowest BCUT2D eigenvalue weighted by molar-refractivity contribution is -0.128. The van der Waals surface area contributed by atoms with E-state index in [1.165, 1.54) is 19.3 Å². The second kappa shape index (κ2) is 5.85. The van der Waals surface area contributed by atoms with Gasteiger partial charge in [0.2, 0.25) is 15.9 Å². The summed E-state index contributed by atoms with van der Waals surface area (Å²) in [6.45, 7) is 3.23. The Bertz CT molecular complexity index is 572. The zero-order valence-electron chi connectivity index (χ0n) is 10.9. The van der Waals surface area contributed by atoms with E-state index < -0.39 is 15.4 Å². The molecule has 0 saturated carbocycles. The van der Waals surface area contributed by atoms with Crippen molar-refractivity contribution < 1.29 is 13.2 Å². The summed E-state index contributed by atoms with van der Waals surface area (Å²) in [5, 5.41) is 2.56. The van der Waals surface area contributed by atoms with Crippen molar-refractivity contribution in [3.63, 3.8) is 0 Å². The van der Waals surface area contributed by atoms with Gasteiger partial charge in [-0.05, 0) is 19.9 Å². The molecule has 0 atom stereocenters. The van der Waals surface area contributed by atoms with Crippen LogP contribution < -0.4 is 10.0 Å². The van der Waals surface area contributed by atoms with E-state index in [2.05, 4.69) is 15.0 Å². The van der Waals surface area contributed by atoms with Gasteiger partial charge >= 0.3 is 0 Å². The molecule has 0 saturated heterocycles. The van der Waals surface area contributed by atoms with E-state index in [0.29, 0.717) is 0 Å². The molecule has 0 unspecified atom stereocenters. The van der Waals surface area contributed by atoms with Gasteiger partial charge in [0.1, 0.15) is 4.90 Å². The predicted octanol–water partition coefficient (Wildman–Crippen LogP) is 0.786. The van der Waals surface area contributed by atoms with Crippen molar-refractivity contribution in [1.29, 1.82) is 0 Å². The van der Waals surface area contributed by atoms with E-state index in [1.54, 1.807) is 13.8 Å². The molecule has 0 aliphatic rings. The van der Waals surface area contributed by atoms with Crippen LogP contribution in [0.1, 0.15) is 13.8 Å². The number of pyridine rings is 1.